The first-order valence-electron chi connectivity index (χ1n) is 5.55. The highest BCUT2D eigenvalue weighted by molar-refractivity contribution is 7.99. The second-order valence-corrected chi connectivity index (χ2v) is 4.42. The van der Waals surface area contributed by atoms with Gasteiger partial charge in [0, 0.05) is 23.3 Å². The summed E-state index contributed by atoms with van der Waals surface area (Å²) in [6, 6.07) is -0.380. The molecule has 0 saturated carbocycles. The van der Waals surface area contributed by atoms with Crippen LogP contribution in [0, 0.1) is 0 Å². The van der Waals surface area contributed by atoms with Crippen molar-refractivity contribution in [3.8, 4) is 0 Å². The molecule has 1 rings (SSSR count). The smallest absolute Gasteiger partial charge is 0.332 e. The van der Waals surface area contributed by atoms with E-state index in [9.17, 15) is 9.59 Å². The molecule has 1 atom stereocenters. The third kappa shape index (κ3) is 4.68. The van der Waals surface area contributed by atoms with Crippen LogP contribution in [0.3, 0.4) is 0 Å². The number of carbonyl (C=O) groups is 2. The summed E-state index contributed by atoms with van der Waals surface area (Å²) in [7, 11) is 0. The molecule has 1 N–H and O–H groups in total. The number of hydrogen-bond donors (Lipinski definition) is 1. The quantitative estimate of drug-likeness (QED) is 0.592. The highest BCUT2D eigenvalue weighted by Crippen LogP contribution is 2.16. The summed E-state index contributed by atoms with van der Waals surface area (Å²) in [6.07, 6.45) is 1.39. The first-order valence-corrected chi connectivity index (χ1v) is 6.71. The predicted octanol–water partition coefficient (Wildman–Crippen LogP) is 0.701. The number of ether oxygens (including phenoxy) is 2. The van der Waals surface area contributed by atoms with E-state index in [1.54, 1.807) is 25.6 Å². The fraction of sp³-hybridized carbons (Fsp3) is 0.636. The number of nitrogens with one attached hydrogen (secondary N) is 1. The van der Waals surface area contributed by atoms with Gasteiger partial charge in [0.15, 0.2) is 0 Å². The van der Waals surface area contributed by atoms with Crippen LogP contribution in [0.25, 0.3) is 0 Å². The average Bonchev–Trinajstić information content (AvgIpc) is 2.30. The van der Waals surface area contributed by atoms with E-state index in [1.165, 1.54) is 6.08 Å². The Morgan fingerprint density at radius 2 is 2.12 bits per heavy atom. The van der Waals surface area contributed by atoms with Crippen molar-refractivity contribution in [3.63, 3.8) is 0 Å². The summed E-state index contributed by atoms with van der Waals surface area (Å²) < 4.78 is 9.73. The lowest BCUT2D eigenvalue weighted by atomic mass is 10.3. The van der Waals surface area contributed by atoms with Gasteiger partial charge in [-0.1, -0.05) is 0 Å². The minimum Gasteiger partial charge on any atom is -0.464 e. The number of carbonyl (C=O) groups excluding carboxylic acids is 2. The summed E-state index contributed by atoms with van der Waals surface area (Å²) in [5.74, 6) is 0.655. The van der Waals surface area contributed by atoms with E-state index in [4.69, 9.17) is 9.47 Å². The van der Waals surface area contributed by atoms with Gasteiger partial charge in [-0.25, -0.2) is 9.59 Å². The second-order valence-electron chi connectivity index (χ2n) is 3.39. The predicted molar refractivity (Wildman–Crippen MR) is 65.6 cm³/mol. The molecule has 96 valence electrons. The van der Waals surface area contributed by atoms with Crippen LogP contribution in [0.2, 0.25) is 0 Å². The third-order valence-electron chi connectivity index (χ3n) is 2.05. The Hall–Kier alpha value is -1.17. The molecule has 0 amide bonds. The van der Waals surface area contributed by atoms with Crippen LogP contribution in [-0.4, -0.2) is 42.7 Å². The van der Waals surface area contributed by atoms with Crippen molar-refractivity contribution in [2.45, 2.75) is 19.9 Å². The van der Waals surface area contributed by atoms with E-state index in [0.717, 1.165) is 0 Å². The van der Waals surface area contributed by atoms with Gasteiger partial charge in [-0.3, -0.25) is 0 Å². The van der Waals surface area contributed by atoms with E-state index < -0.39 is 0 Å². The van der Waals surface area contributed by atoms with Gasteiger partial charge in [0.1, 0.15) is 6.04 Å². The van der Waals surface area contributed by atoms with Crippen molar-refractivity contribution >= 4 is 23.7 Å². The van der Waals surface area contributed by atoms with Crippen molar-refractivity contribution in [1.29, 1.82) is 0 Å². The molecule has 1 fully saturated rings. The number of esters is 2. The summed E-state index contributed by atoms with van der Waals surface area (Å²) in [4.78, 5) is 22.8. The van der Waals surface area contributed by atoms with E-state index >= 15 is 0 Å². The van der Waals surface area contributed by atoms with Crippen LogP contribution >= 0.6 is 11.8 Å². The molecule has 0 bridgehead atoms. The number of rotatable bonds is 4. The summed E-state index contributed by atoms with van der Waals surface area (Å²) in [5.41, 5.74) is 0.706. The average molecular weight is 259 g/mol. The van der Waals surface area contributed by atoms with Gasteiger partial charge >= 0.3 is 11.9 Å². The van der Waals surface area contributed by atoms with E-state index in [-0.39, 0.29) is 18.0 Å². The molecule has 0 aliphatic carbocycles. The van der Waals surface area contributed by atoms with Gasteiger partial charge < -0.3 is 14.8 Å². The zero-order chi connectivity index (χ0) is 12.7. The largest absolute Gasteiger partial charge is 0.464 e. The lowest BCUT2D eigenvalue weighted by molar-refractivity contribution is -0.145. The van der Waals surface area contributed by atoms with Gasteiger partial charge in [0.05, 0.1) is 13.2 Å². The molecule has 0 aromatic heterocycles. The Morgan fingerprint density at radius 1 is 1.41 bits per heavy atom. The highest BCUT2D eigenvalue weighted by atomic mass is 32.2. The first-order chi connectivity index (χ1) is 8.17. The number of hydrogen-bond acceptors (Lipinski definition) is 6. The lowest BCUT2D eigenvalue weighted by Gasteiger charge is -2.24. The monoisotopic (exact) mass is 259 g/mol. The molecule has 5 nitrogen and oxygen atoms in total. The fourth-order valence-corrected chi connectivity index (χ4v) is 2.33. The maximum absolute atomic E-state index is 11.5. The van der Waals surface area contributed by atoms with Crippen LogP contribution in [0.15, 0.2) is 11.8 Å². The molecule has 0 spiro atoms. The molecule has 17 heavy (non-hydrogen) atoms. The lowest BCUT2D eigenvalue weighted by Crippen LogP contribution is -2.43. The second kappa shape index (κ2) is 7.21. The summed E-state index contributed by atoms with van der Waals surface area (Å²) >= 11 is 1.59. The van der Waals surface area contributed by atoms with Gasteiger partial charge in [-0.2, -0.15) is 11.8 Å². The molecule has 6 heteroatoms. The van der Waals surface area contributed by atoms with Crippen LogP contribution in [0.5, 0.6) is 0 Å². The SMILES string of the molecule is CCOC(=O)C=C1CSCC(C(=O)OCC)N1. The van der Waals surface area contributed by atoms with E-state index in [2.05, 4.69) is 5.32 Å². The molecular formula is C11H17NO4S. The topological polar surface area (TPSA) is 64.6 Å². The Bertz CT molecular complexity index is 317. The molecular weight excluding hydrogens is 242 g/mol. The van der Waals surface area contributed by atoms with Crippen LogP contribution < -0.4 is 5.32 Å². The van der Waals surface area contributed by atoms with Crippen molar-refractivity contribution in [1.82, 2.24) is 5.32 Å². The summed E-state index contributed by atoms with van der Waals surface area (Å²) in [6.45, 7) is 4.22. The van der Waals surface area contributed by atoms with Crippen LogP contribution in [0.1, 0.15) is 13.8 Å². The first kappa shape index (κ1) is 13.9. The van der Waals surface area contributed by atoms with Crippen molar-refractivity contribution < 1.29 is 19.1 Å². The molecule has 0 aromatic carbocycles. The van der Waals surface area contributed by atoms with Crippen LogP contribution in [0.4, 0.5) is 0 Å². The van der Waals surface area contributed by atoms with E-state index in [1.807, 2.05) is 0 Å². The molecule has 1 saturated heterocycles. The zero-order valence-electron chi connectivity index (χ0n) is 10.0. The normalized spacial score (nSPS) is 21.8. The van der Waals surface area contributed by atoms with Gasteiger partial charge in [-0.05, 0) is 13.8 Å². The summed E-state index contributed by atoms with van der Waals surface area (Å²) in [5, 5.41) is 2.99. The molecule has 1 heterocycles. The van der Waals surface area contributed by atoms with Gasteiger partial charge in [0.2, 0.25) is 0 Å². The van der Waals surface area contributed by atoms with Crippen LogP contribution in [-0.2, 0) is 19.1 Å². The Labute approximate surface area is 105 Å². The Balaban J connectivity index is 2.54. The molecule has 0 aromatic rings. The van der Waals surface area contributed by atoms with Gasteiger partial charge in [-0.15, -0.1) is 0 Å². The van der Waals surface area contributed by atoms with Crippen molar-refractivity contribution in [2.75, 3.05) is 24.7 Å². The Morgan fingerprint density at radius 3 is 2.76 bits per heavy atom. The highest BCUT2D eigenvalue weighted by Gasteiger charge is 2.24. The maximum atomic E-state index is 11.5. The van der Waals surface area contributed by atoms with Crippen molar-refractivity contribution in [3.05, 3.63) is 11.8 Å². The van der Waals surface area contributed by atoms with E-state index in [0.29, 0.717) is 30.4 Å². The third-order valence-corrected chi connectivity index (χ3v) is 3.14. The maximum Gasteiger partial charge on any atom is 0.332 e. The van der Waals surface area contributed by atoms with Crippen molar-refractivity contribution in [2.24, 2.45) is 0 Å². The molecule has 1 aliphatic rings. The molecule has 1 unspecified atom stereocenters. The minimum absolute atomic E-state index is 0.283. The molecule has 1 aliphatic heterocycles. The number of thioether (sulfide) groups is 1. The standard InChI is InChI=1S/C11H17NO4S/c1-3-15-10(13)5-8-6-17-7-9(12-8)11(14)16-4-2/h5,9,12H,3-4,6-7H2,1-2H3. The zero-order valence-corrected chi connectivity index (χ0v) is 10.8. The molecule has 0 radical (unpaired) electrons. The fourth-order valence-electron chi connectivity index (χ4n) is 1.37. The Kier molecular flexibility index (Phi) is 5.90. The minimum atomic E-state index is -0.389. The van der Waals surface area contributed by atoms with Gasteiger partial charge in [0.25, 0.3) is 0 Å².